The SMILES string of the molecule is Nc1c(C(=O)NCC2CCSCC2)sc2cccc(Br)c12. The van der Waals surface area contributed by atoms with Crippen molar-refractivity contribution >= 4 is 60.7 Å². The Morgan fingerprint density at radius 1 is 1.38 bits per heavy atom. The lowest BCUT2D eigenvalue weighted by molar-refractivity contribution is 0.0951. The van der Waals surface area contributed by atoms with Gasteiger partial charge in [-0.25, -0.2) is 0 Å². The second-order valence-electron chi connectivity index (χ2n) is 5.22. The Bertz CT molecular complexity index is 665. The fourth-order valence-corrected chi connectivity index (χ4v) is 5.55. The van der Waals surface area contributed by atoms with Crippen LogP contribution in [0.2, 0.25) is 0 Å². The molecule has 1 aliphatic heterocycles. The van der Waals surface area contributed by atoms with Crippen molar-refractivity contribution < 1.29 is 4.79 Å². The fraction of sp³-hybridized carbons (Fsp3) is 0.400. The molecule has 112 valence electrons. The van der Waals surface area contributed by atoms with Crippen LogP contribution in [0, 0.1) is 5.92 Å². The summed E-state index contributed by atoms with van der Waals surface area (Å²) in [4.78, 5) is 13.0. The van der Waals surface area contributed by atoms with Gasteiger partial charge in [0.05, 0.1) is 5.69 Å². The quantitative estimate of drug-likeness (QED) is 0.836. The molecule has 21 heavy (non-hydrogen) atoms. The Morgan fingerprint density at radius 2 is 2.14 bits per heavy atom. The summed E-state index contributed by atoms with van der Waals surface area (Å²) in [7, 11) is 0. The molecule has 0 spiro atoms. The number of anilines is 1. The molecule has 1 aromatic carbocycles. The van der Waals surface area contributed by atoms with Gasteiger partial charge in [-0.05, 0) is 42.4 Å². The minimum absolute atomic E-state index is 0.0428. The van der Waals surface area contributed by atoms with Crippen LogP contribution in [0.1, 0.15) is 22.5 Å². The number of carbonyl (C=O) groups is 1. The van der Waals surface area contributed by atoms with E-state index in [2.05, 4.69) is 21.2 Å². The van der Waals surface area contributed by atoms with Gasteiger partial charge in [-0.15, -0.1) is 11.3 Å². The van der Waals surface area contributed by atoms with Crippen LogP contribution in [-0.2, 0) is 0 Å². The van der Waals surface area contributed by atoms with E-state index in [1.54, 1.807) is 0 Å². The third kappa shape index (κ3) is 3.22. The molecule has 1 fully saturated rings. The first-order valence-corrected chi connectivity index (χ1v) is 9.75. The van der Waals surface area contributed by atoms with Gasteiger partial charge < -0.3 is 11.1 Å². The van der Waals surface area contributed by atoms with Crippen LogP contribution in [0.25, 0.3) is 10.1 Å². The number of amides is 1. The van der Waals surface area contributed by atoms with Gasteiger partial charge in [0.2, 0.25) is 0 Å². The van der Waals surface area contributed by atoms with Crippen LogP contribution < -0.4 is 11.1 Å². The zero-order chi connectivity index (χ0) is 14.8. The molecule has 0 unspecified atom stereocenters. The summed E-state index contributed by atoms with van der Waals surface area (Å²) in [5, 5.41) is 4.00. The summed E-state index contributed by atoms with van der Waals surface area (Å²) in [6, 6.07) is 5.91. The lowest BCUT2D eigenvalue weighted by Gasteiger charge is -2.21. The Kier molecular flexibility index (Phi) is 4.76. The smallest absolute Gasteiger partial charge is 0.263 e. The van der Waals surface area contributed by atoms with Gasteiger partial charge in [0.15, 0.2) is 0 Å². The maximum Gasteiger partial charge on any atom is 0.263 e. The van der Waals surface area contributed by atoms with E-state index in [4.69, 9.17) is 5.73 Å². The van der Waals surface area contributed by atoms with E-state index in [1.165, 1.54) is 35.7 Å². The first-order chi connectivity index (χ1) is 10.2. The van der Waals surface area contributed by atoms with E-state index in [0.717, 1.165) is 21.1 Å². The standard InChI is InChI=1S/C15H17BrN2OS2/c16-10-2-1-3-11-12(10)13(17)14(21-11)15(19)18-8-9-4-6-20-7-5-9/h1-3,9H,4-8,17H2,(H,18,19). The largest absolute Gasteiger partial charge is 0.397 e. The van der Waals surface area contributed by atoms with Gasteiger partial charge in [-0.3, -0.25) is 4.79 Å². The third-order valence-electron chi connectivity index (χ3n) is 3.80. The number of halogens is 1. The van der Waals surface area contributed by atoms with Crippen LogP contribution in [0.4, 0.5) is 5.69 Å². The molecule has 2 heterocycles. The molecule has 0 saturated carbocycles. The Morgan fingerprint density at radius 3 is 2.86 bits per heavy atom. The van der Waals surface area contributed by atoms with Crippen molar-refractivity contribution in [3.8, 4) is 0 Å². The summed E-state index contributed by atoms with van der Waals surface area (Å²) < 4.78 is 1.98. The van der Waals surface area contributed by atoms with Gasteiger partial charge in [0.25, 0.3) is 5.91 Å². The molecule has 0 aliphatic carbocycles. The number of nitrogens with two attached hydrogens (primary N) is 1. The molecule has 1 aliphatic rings. The normalized spacial score (nSPS) is 16.2. The number of fused-ring (bicyclic) bond motifs is 1. The highest BCUT2D eigenvalue weighted by Gasteiger charge is 2.20. The van der Waals surface area contributed by atoms with Gasteiger partial charge in [-0.2, -0.15) is 11.8 Å². The molecule has 1 amide bonds. The molecular weight excluding hydrogens is 368 g/mol. The second-order valence-corrected chi connectivity index (χ2v) is 8.35. The number of nitrogens with one attached hydrogen (secondary N) is 1. The van der Waals surface area contributed by atoms with Crippen molar-refractivity contribution in [2.24, 2.45) is 5.92 Å². The molecule has 6 heteroatoms. The van der Waals surface area contributed by atoms with Gasteiger partial charge in [0.1, 0.15) is 4.88 Å². The predicted octanol–water partition coefficient (Wildman–Crippen LogP) is 4.12. The van der Waals surface area contributed by atoms with Crippen molar-refractivity contribution in [1.82, 2.24) is 5.32 Å². The van der Waals surface area contributed by atoms with E-state index in [1.807, 2.05) is 30.0 Å². The first-order valence-electron chi connectivity index (χ1n) is 6.99. The highest BCUT2D eigenvalue weighted by Crippen LogP contribution is 2.38. The van der Waals surface area contributed by atoms with Gasteiger partial charge in [-0.1, -0.05) is 22.0 Å². The van der Waals surface area contributed by atoms with Crippen molar-refractivity contribution in [3.05, 3.63) is 27.5 Å². The summed E-state index contributed by atoms with van der Waals surface area (Å²) in [5.41, 5.74) is 6.75. The monoisotopic (exact) mass is 384 g/mol. The number of thioether (sulfide) groups is 1. The lowest BCUT2D eigenvalue weighted by atomic mass is 10.0. The molecule has 1 saturated heterocycles. The lowest BCUT2D eigenvalue weighted by Crippen LogP contribution is -2.30. The van der Waals surface area contributed by atoms with Crippen molar-refractivity contribution in [2.75, 3.05) is 23.8 Å². The topological polar surface area (TPSA) is 55.1 Å². The van der Waals surface area contributed by atoms with Crippen LogP contribution in [0.5, 0.6) is 0 Å². The first kappa shape index (κ1) is 15.2. The Hall–Kier alpha value is -0.720. The van der Waals surface area contributed by atoms with Crippen LogP contribution in [0.3, 0.4) is 0 Å². The zero-order valence-corrected chi connectivity index (χ0v) is 14.7. The molecule has 0 bridgehead atoms. The van der Waals surface area contributed by atoms with Crippen molar-refractivity contribution in [1.29, 1.82) is 0 Å². The molecule has 0 atom stereocenters. The summed E-state index contributed by atoms with van der Waals surface area (Å²) in [6.07, 6.45) is 2.39. The number of carbonyl (C=O) groups excluding carboxylic acids is 1. The number of hydrogen-bond acceptors (Lipinski definition) is 4. The molecule has 1 aromatic heterocycles. The molecule has 3 rings (SSSR count). The zero-order valence-electron chi connectivity index (χ0n) is 11.5. The Balaban J connectivity index is 1.75. The van der Waals surface area contributed by atoms with E-state index < -0.39 is 0 Å². The minimum Gasteiger partial charge on any atom is -0.397 e. The van der Waals surface area contributed by atoms with Crippen molar-refractivity contribution in [3.63, 3.8) is 0 Å². The maximum atomic E-state index is 12.4. The highest BCUT2D eigenvalue weighted by molar-refractivity contribution is 9.10. The minimum atomic E-state index is -0.0428. The van der Waals surface area contributed by atoms with Crippen molar-refractivity contribution in [2.45, 2.75) is 12.8 Å². The number of nitrogen functional groups attached to an aromatic ring is 1. The number of rotatable bonds is 3. The van der Waals surface area contributed by atoms with Crippen LogP contribution in [-0.4, -0.2) is 24.0 Å². The van der Waals surface area contributed by atoms with Crippen LogP contribution >= 0.6 is 39.0 Å². The summed E-state index contributed by atoms with van der Waals surface area (Å²) >= 11 is 6.97. The van der Waals surface area contributed by atoms with E-state index in [-0.39, 0.29) is 5.91 Å². The van der Waals surface area contributed by atoms with Crippen LogP contribution in [0.15, 0.2) is 22.7 Å². The van der Waals surface area contributed by atoms with Gasteiger partial charge >= 0.3 is 0 Å². The average molecular weight is 385 g/mol. The van der Waals surface area contributed by atoms with E-state index >= 15 is 0 Å². The summed E-state index contributed by atoms with van der Waals surface area (Å²) in [6.45, 7) is 0.758. The maximum absolute atomic E-state index is 12.4. The van der Waals surface area contributed by atoms with E-state index in [0.29, 0.717) is 16.5 Å². The average Bonchev–Trinajstić information content (AvgIpc) is 2.84. The third-order valence-corrected chi connectivity index (χ3v) is 6.68. The molecule has 3 nitrogen and oxygen atoms in total. The molecule has 0 radical (unpaired) electrons. The molecular formula is C15H17BrN2OS2. The summed E-state index contributed by atoms with van der Waals surface area (Å²) in [5.74, 6) is 2.98. The second kappa shape index (κ2) is 6.58. The molecule has 3 N–H and O–H groups in total. The number of hydrogen-bond donors (Lipinski definition) is 2. The van der Waals surface area contributed by atoms with Gasteiger partial charge in [0, 0.05) is 21.1 Å². The fourth-order valence-electron chi connectivity index (χ4n) is 2.57. The molecule has 2 aromatic rings. The van der Waals surface area contributed by atoms with E-state index in [9.17, 15) is 4.79 Å². The number of thiophene rings is 1. The predicted molar refractivity (Wildman–Crippen MR) is 96.3 cm³/mol. The Labute approximate surface area is 140 Å². The number of benzene rings is 1. The highest BCUT2D eigenvalue weighted by atomic mass is 79.9.